The molecule has 168 valence electrons. The number of allylic oxidation sites excluding steroid dienone is 1. The lowest BCUT2D eigenvalue weighted by atomic mass is 9.42. The van der Waals surface area contributed by atoms with Gasteiger partial charge in [-0.2, -0.15) is 0 Å². The molecule has 5 rings (SSSR count). The standard InChI is InChI=1S/C26H35NO4/c1-15(2)21-10-17-11-24(14-28)20-8-6-16(3)19(20)12-25(17,26(21,24)23(29)30)22-9-7-18(31-22)13-27(4)5/h7,9-10,14-17,19-20H,6,8,11-13H2,1-5H3,(H,29,30)/t16-,17?,19-,20-,24?,25?,26?/m1/s1. The third kappa shape index (κ3) is 2.21. The van der Waals surface area contributed by atoms with Crippen LogP contribution in [0.1, 0.15) is 58.0 Å². The van der Waals surface area contributed by atoms with Crippen molar-refractivity contribution in [2.24, 2.45) is 40.4 Å². The van der Waals surface area contributed by atoms with E-state index in [4.69, 9.17) is 4.42 Å². The molecule has 4 unspecified atom stereocenters. The van der Waals surface area contributed by atoms with E-state index < -0.39 is 22.2 Å². The topological polar surface area (TPSA) is 70.8 Å². The first-order chi connectivity index (χ1) is 14.7. The van der Waals surface area contributed by atoms with Crippen LogP contribution in [0.25, 0.3) is 0 Å². The second-order valence-electron chi connectivity index (χ2n) is 11.3. The van der Waals surface area contributed by atoms with Crippen LogP contribution in [0.2, 0.25) is 0 Å². The van der Waals surface area contributed by atoms with E-state index in [0.29, 0.717) is 24.8 Å². The van der Waals surface area contributed by atoms with Gasteiger partial charge in [-0.05, 0) is 75.1 Å². The zero-order valence-electron chi connectivity index (χ0n) is 19.4. The fraction of sp³-hybridized carbons (Fsp3) is 0.692. The molecule has 1 aromatic heterocycles. The maximum Gasteiger partial charge on any atom is 0.315 e. The van der Waals surface area contributed by atoms with E-state index in [2.05, 4.69) is 31.7 Å². The monoisotopic (exact) mass is 425 g/mol. The first-order valence-corrected chi connectivity index (χ1v) is 11.8. The molecule has 0 aliphatic heterocycles. The first-order valence-electron chi connectivity index (χ1n) is 11.8. The van der Waals surface area contributed by atoms with Crippen molar-refractivity contribution in [1.82, 2.24) is 4.90 Å². The Bertz CT molecular complexity index is 960. The van der Waals surface area contributed by atoms with Crippen molar-refractivity contribution in [3.63, 3.8) is 0 Å². The van der Waals surface area contributed by atoms with E-state index >= 15 is 0 Å². The number of furan rings is 1. The summed E-state index contributed by atoms with van der Waals surface area (Å²) < 4.78 is 6.46. The number of fused-ring (bicyclic) bond motifs is 2. The maximum absolute atomic E-state index is 13.5. The van der Waals surface area contributed by atoms with Crippen LogP contribution in [0.3, 0.4) is 0 Å². The van der Waals surface area contributed by atoms with Gasteiger partial charge in [0.15, 0.2) is 0 Å². The van der Waals surface area contributed by atoms with Gasteiger partial charge in [0.25, 0.3) is 0 Å². The summed E-state index contributed by atoms with van der Waals surface area (Å²) in [7, 11) is 4.00. The summed E-state index contributed by atoms with van der Waals surface area (Å²) in [6.45, 7) is 7.11. The van der Waals surface area contributed by atoms with Crippen LogP contribution in [0.4, 0.5) is 0 Å². The van der Waals surface area contributed by atoms with Crippen molar-refractivity contribution in [1.29, 1.82) is 0 Å². The Balaban J connectivity index is 1.79. The molecule has 3 fully saturated rings. The minimum absolute atomic E-state index is 0.0300. The second kappa shape index (κ2) is 6.57. The van der Waals surface area contributed by atoms with Crippen molar-refractivity contribution in [2.75, 3.05) is 14.1 Å². The fourth-order valence-electron chi connectivity index (χ4n) is 8.65. The average Bonchev–Trinajstić information content (AvgIpc) is 3.42. The molecule has 0 aromatic carbocycles. The molecule has 1 N–H and O–H groups in total. The van der Waals surface area contributed by atoms with Gasteiger partial charge in [-0.3, -0.25) is 4.79 Å². The molecule has 4 aliphatic carbocycles. The highest BCUT2D eigenvalue weighted by Gasteiger charge is 2.85. The summed E-state index contributed by atoms with van der Waals surface area (Å²) in [6.07, 6.45) is 6.76. The Hall–Kier alpha value is -1.88. The molecular formula is C26H35NO4. The van der Waals surface area contributed by atoms with E-state index in [0.717, 1.165) is 42.6 Å². The van der Waals surface area contributed by atoms with Crippen molar-refractivity contribution in [2.45, 2.75) is 58.4 Å². The van der Waals surface area contributed by atoms with Gasteiger partial charge >= 0.3 is 5.97 Å². The molecule has 1 aromatic rings. The molecule has 4 bridgehead atoms. The van der Waals surface area contributed by atoms with Crippen molar-refractivity contribution in [3.05, 3.63) is 35.3 Å². The molecule has 5 heteroatoms. The first kappa shape index (κ1) is 21.0. The molecule has 3 saturated carbocycles. The minimum atomic E-state index is -1.21. The van der Waals surface area contributed by atoms with Gasteiger partial charge < -0.3 is 19.2 Å². The Kier molecular flexibility index (Phi) is 4.45. The van der Waals surface area contributed by atoms with Gasteiger partial charge in [-0.1, -0.05) is 38.8 Å². The van der Waals surface area contributed by atoms with Gasteiger partial charge in [0.05, 0.1) is 17.4 Å². The zero-order valence-corrected chi connectivity index (χ0v) is 19.4. The number of hydrogen-bond donors (Lipinski definition) is 1. The molecular weight excluding hydrogens is 390 g/mol. The number of carbonyl (C=O) groups is 2. The number of aldehydes is 1. The van der Waals surface area contributed by atoms with Crippen LogP contribution in [0, 0.1) is 40.4 Å². The molecule has 4 aliphatic rings. The van der Waals surface area contributed by atoms with Crippen molar-refractivity contribution >= 4 is 12.3 Å². The predicted octanol–water partition coefficient (Wildman–Crippen LogP) is 4.52. The average molecular weight is 426 g/mol. The van der Waals surface area contributed by atoms with Gasteiger partial charge in [0.1, 0.15) is 23.2 Å². The lowest BCUT2D eigenvalue weighted by molar-refractivity contribution is -0.173. The Morgan fingerprint density at radius 3 is 2.65 bits per heavy atom. The van der Waals surface area contributed by atoms with Crippen LogP contribution < -0.4 is 0 Å². The Morgan fingerprint density at radius 2 is 2.03 bits per heavy atom. The van der Waals surface area contributed by atoms with Crippen molar-refractivity contribution < 1.29 is 19.1 Å². The van der Waals surface area contributed by atoms with Gasteiger partial charge in [0.2, 0.25) is 0 Å². The van der Waals surface area contributed by atoms with Crippen LogP contribution in [0.15, 0.2) is 28.2 Å². The highest BCUT2D eigenvalue weighted by molar-refractivity contribution is 5.91. The van der Waals surface area contributed by atoms with E-state index in [1.807, 2.05) is 26.2 Å². The van der Waals surface area contributed by atoms with E-state index in [1.54, 1.807) is 0 Å². The van der Waals surface area contributed by atoms with E-state index in [9.17, 15) is 14.7 Å². The quantitative estimate of drug-likeness (QED) is 0.536. The third-order valence-corrected chi connectivity index (χ3v) is 9.50. The summed E-state index contributed by atoms with van der Waals surface area (Å²) in [6, 6.07) is 4.01. The van der Waals surface area contributed by atoms with Gasteiger partial charge in [-0.25, -0.2) is 0 Å². The zero-order chi connectivity index (χ0) is 22.3. The highest BCUT2D eigenvalue weighted by Crippen LogP contribution is 2.82. The van der Waals surface area contributed by atoms with E-state index in [-0.39, 0.29) is 17.8 Å². The lowest BCUT2D eigenvalue weighted by Gasteiger charge is -2.57. The number of hydrogen-bond acceptors (Lipinski definition) is 4. The second-order valence-corrected chi connectivity index (χ2v) is 11.3. The van der Waals surface area contributed by atoms with Crippen LogP contribution in [-0.2, 0) is 21.5 Å². The fourth-order valence-corrected chi connectivity index (χ4v) is 8.65. The predicted molar refractivity (Wildman–Crippen MR) is 117 cm³/mol. The normalized spacial score (nSPS) is 42.9. The number of nitrogens with zero attached hydrogens (tertiary/aromatic N) is 1. The smallest absolute Gasteiger partial charge is 0.315 e. The van der Waals surface area contributed by atoms with Gasteiger partial charge in [-0.15, -0.1) is 0 Å². The van der Waals surface area contributed by atoms with E-state index in [1.165, 1.54) is 0 Å². The number of carboxylic acids is 1. The summed E-state index contributed by atoms with van der Waals surface area (Å²) in [4.78, 5) is 28.6. The number of carboxylic acid groups (broad SMARTS) is 1. The molecule has 0 amide bonds. The summed E-state index contributed by atoms with van der Waals surface area (Å²) in [5, 5.41) is 11.0. The Morgan fingerprint density at radius 1 is 1.29 bits per heavy atom. The molecule has 7 atom stereocenters. The molecule has 5 nitrogen and oxygen atoms in total. The summed E-state index contributed by atoms with van der Waals surface area (Å²) in [5.41, 5.74) is -1.78. The van der Waals surface area contributed by atoms with Crippen LogP contribution in [0.5, 0.6) is 0 Å². The SMILES string of the molecule is CC(C)C1=CC2CC3(C=O)[C@@H]4CC[C@@H](C)[C@H]4CC2(c2ccc(CN(C)C)o2)C13C(=O)O. The van der Waals surface area contributed by atoms with Crippen molar-refractivity contribution in [3.8, 4) is 0 Å². The molecule has 0 saturated heterocycles. The van der Waals surface area contributed by atoms with Crippen LogP contribution >= 0.6 is 0 Å². The minimum Gasteiger partial charge on any atom is -0.481 e. The summed E-state index contributed by atoms with van der Waals surface area (Å²) >= 11 is 0. The molecule has 0 spiro atoms. The number of rotatable bonds is 6. The number of aliphatic carboxylic acids is 1. The Labute approximate surface area is 184 Å². The lowest BCUT2D eigenvalue weighted by Crippen LogP contribution is -2.64. The molecule has 1 heterocycles. The maximum atomic E-state index is 13.5. The highest BCUT2D eigenvalue weighted by atomic mass is 16.4. The largest absolute Gasteiger partial charge is 0.481 e. The summed E-state index contributed by atoms with van der Waals surface area (Å²) in [5.74, 6) is 1.93. The molecule has 0 radical (unpaired) electrons. The number of carbonyl (C=O) groups excluding carboxylic acids is 1. The van der Waals surface area contributed by atoms with Crippen LogP contribution in [-0.4, -0.2) is 36.4 Å². The third-order valence-electron chi connectivity index (χ3n) is 9.50. The molecule has 31 heavy (non-hydrogen) atoms. The van der Waals surface area contributed by atoms with Gasteiger partial charge in [0, 0.05) is 0 Å².